The van der Waals surface area contributed by atoms with Crippen molar-refractivity contribution in [3.05, 3.63) is 5.51 Å². The summed E-state index contributed by atoms with van der Waals surface area (Å²) in [5, 5.41) is 8.09. The van der Waals surface area contributed by atoms with Gasteiger partial charge in [0.2, 0.25) is 5.13 Å². The first-order chi connectivity index (χ1) is 4.43. The van der Waals surface area contributed by atoms with Gasteiger partial charge in [0.1, 0.15) is 5.51 Å². The molecule has 0 aromatic carbocycles. The maximum absolute atomic E-state index is 4.00. The average Bonchev–Trinajstić information content (AvgIpc) is 2.34. The monoisotopic (exact) mass is 141 g/mol. The van der Waals surface area contributed by atoms with E-state index in [9.17, 15) is 0 Å². The fourth-order valence-electron chi connectivity index (χ4n) is 0.393. The molecule has 0 N–H and O–H groups in total. The first kappa shape index (κ1) is 6.35. The van der Waals surface area contributed by atoms with Crippen molar-refractivity contribution in [3.63, 3.8) is 0 Å². The lowest BCUT2D eigenvalue weighted by Gasteiger charge is -1.76. The van der Waals surface area contributed by atoms with E-state index in [4.69, 9.17) is 0 Å². The number of aromatic nitrogens is 2. The summed E-state index contributed by atoms with van der Waals surface area (Å²) in [7, 11) is 0. The van der Waals surface area contributed by atoms with Crippen molar-refractivity contribution < 1.29 is 0 Å². The van der Waals surface area contributed by atoms with Crippen LogP contribution in [0, 0.1) is 0 Å². The molecule has 0 spiro atoms. The van der Waals surface area contributed by atoms with Crippen LogP contribution in [0.3, 0.4) is 0 Å². The van der Waals surface area contributed by atoms with E-state index < -0.39 is 0 Å². The average molecular weight is 141 g/mol. The predicted octanol–water partition coefficient (Wildman–Crippen LogP) is 1.65. The molecular formula is C5H7N3S. The molecule has 0 aliphatic carbocycles. The molecule has 1 heterocycles. The summed E-state index contributed by atoms with van der Waals surface area (Å²) < 4.78 is 0. The Hall–Kier alpha value is -0.770. The second-order valence-electron chi connectivity index (χ2n) is 1.44. The van der Waals surface area contributed by atoms with Gasteiger partial charge in [0, 0.05) is 6.21 Å². The molecule has 0 fully saturated rings. The van der Waals surface area contributed by atoms with Crippen LogP contribution in [0.1, 0.15) is 13.3 Å². The van der Waals surface area contributed by atoms with Crippen molar-refractivity contribution in [1.29, 1.82) is 0 Å². The first-order valence-electron chi connectivity index (χ1n) is 2.72. The van der Waals surface area contributed by atoms with Crippen LogP contribution >= 0.6 is 11.3 Å². The van der Waals surface area contributed by atoms with Crippen LogP contribution in [0.5, 0.6) is 0 Å². The highest BCUT2D eigenvalue weighted by Crippen LogP contribution is 2.10. The van der Waals surface area contributed by atoms with Crippen LogP contribution < -0.4 is 0 Å². The molecule has 3 nitrogen and oxygen atoms in total. The summed E-state index contributed by atoms with van der Waals surface area (Å²) in [4.78, 5) is 4.00. The first-order valence-corrected chi connectivity index (χ1v) is 3.60. The van der Waals surface area contributed by atoms with Gasteiger partial charge < -0.3 is 0 Å². The highest BCUT2D eigenvalue weighted by molar-refractivity contribution is 7.13. The van der Waals surface area contributed by atoms with Crippen LogP contribution in [0.4, 0.5) is 5.13 Å². The fourth-order valence-corrected chi connectivity index (χ4v) is 0.811. The third kappa shape index (κ3) is 1.89. The van der Waals surface area contributed by atoms with Crippen molar-refractivity contribution >= 4 is 22.7 Å². The van der Waals surface area contributed by atoms with E-state index >= 15 is 0 Å². The smallest absolute Gasteiger partial charge is 0.231 e. The van der Waals surface area contributed by atoms with Gasteiger partial charge in [-0.3, -0.25) is 0 Å². The number of rotatable bonds is 2. The molecule has 0 aliphatic rings. The highest BCUT2D eigenvalue weighted by Gasteiger charge is 1.86. The lowest BCUT2D eigenvalue weighted by Crippen LogP contribution is -1.66. The Morgan fingerprint density at radius 2 is 2.78 bits per heavy atom. The quantitative estimate of drug-likeness (QED) is 0.587. The van der Waals surface area contributed by atoms with Crippen LogP contribution in [0.2, 0.25) is 0 Å². The molecular weight excluding hydrogens is 134 g/mol. The van der Waals surface area contributed by atoms with E-state index in [-0.39, 0.29) is 0 Å². The summed E-state index contributed by atoms with van der Waals surface area (Å²) in [5.41, 5.74) is 1.67. The van der Waals surface area contributed by atoms with Crippen molar-refractivity contribution in [2.75, 3.05) is 0 Å². The van der Waals surface area contributed by atoms with Crippen molar-refractivity contribution in [2.24, 2.45) is 4.99 Å². The molecule has 1 rings (SSSR count). The van der Waals surface area contributed by atoms with E-state index in [2.05, 4.69) is 15.2 Å². The SMILES string of the molecule is CCC=Nc1nncs1. The summed E-state index contributed by atoms with van der Waals surface area (Å²) in [6.07, 6.45) is 2.76. The minimum Gasteiger partial charge on any atom is -0.231 e. The Bertz CT molecular complexity index is 180. The van der Waals surface area contributed by atoms with E-state index in [1.54, 1.807) is 5.51 Å². The standard InChI is InChI=1S/C5H7N3S/c1-2-3-6-5-8-7-4-9-5/h3-4H,2H2,1H3. The van der Waals surface area contributed by atoms with Crippen LogP contribution in [-0.4, -0.2) is 16.4 Å². The second kappa shape index (κ2) is 3.29. The Kier molecular flexibility index (Phi) is 2.32. The second-order valence-corrected chi connectivity index (χ2v) is 2.25. The number of nitrogens with zero attached hydrogens (tertiary/aromatic N) is 3. The van der Waals surface area contributed by atoms with E-state index in [0.717, 1.165) is 11.6 Å². The maximum atomic E-state index is 4.00. The molecule has 1 aromatic rings. The molecule has 0 atom stereocenters. The minimum atomic E-state index is 0.733. The van der Waals surface area contributed by atoms with Gasteiger partial charge in [-0.15, -0.1) is 10.2 Å². The van der Waals surface area contributed by atoms with Crippen LogP contribution in [0.15, 0.2) is 10.5 Å². The van der Waals surface area contributed by atoms with Crippen LogP contribution in [0.25, 0.3) is 0 Å². The maximum Gasteiger partial charge on any atom is 0.231 e. The summed E-state index contributed by atoms with van der Waals surface area (Å²) in [5.74, 6) is 0. The zero-order chi connectivity index (χ0) is 6.53. The largest absolute Gasteiger partial charge is 0.231 e. The Morgan fingerprint density at radius 3 is 3.33 bits per heavy atom. The van der Waals surface area contributed by atoms with Crippen molar-refractivity contribution in [3.8, 4) is 0 Å². The predicted molar refractivity (Wildman–Crippen MR) is 38.4 cm³/mol. The molecule has 0 aliphatic heterocycles. The Labute approximate surface area is 57.5 Å². The normalized spacial score (nSPS) is 10.8. The molecule has 0 bridgehead atoms. The zero-order valence-corrected chi connectivity index (χ0v) is 5.93. The van der Waals surface area contributed by atoms with E-state index in [0.29, 0.717) is 0 Å². The molecule has 0 saturated heterocycles. The third-order valence-corrected chi connectivity index (χ3v) is 1.33. The van der Waals surface area contributed by atoms with Gasteiger partial charge in [0.15, 0.2) is 0 Å². The topological polar surface area (TPSA) is 38.1 Å². The van der Waals surface area contributed by atoms with E-state index in [1.165, 1.54) is 11.3 Å². The molecule has 4 heteroatoms. The van der Waals surface area contributed by atoms with Gasteiger partial charge in [-0.2, -0.15) is 0 Å². The number of hydrogen-bond acceptors (Lipinski definition) is 4. The molecule has 9 heavy (non-hydrogen) atoms. The summed E-state index contributed by atoms with van der Waals surface area (Å²) in [6, 6.07) is 0. The Morgan fingerprint density at radius 1 is 1.89 bits per heavy atom. The molecule has 1 aromatic heterocycles. The van der Waals surface area contributed by atoms with Crippen molar-refractivity contribution in [1.82, 2.24) is 10.2 Å². The summed E-state index contributed by atoms with van der Waals surface area (Å²) in [6.45, 7) is 2.03. The molecule has 0 radical (unpaired) electrons. The molecule has 0 unspecified atom stereocenters. The Balaban J connectivity index is 2.57. The lowest BCUT2D eigenvalue weighted by atomic mass is 10.5. The molecule has 0 saturated carbocycles. The van der Waals surface area contributed by atoms with Crippen molar-refractivity contribution in [2.45, 2.75) is 13.3 Å². The number of hydrogen-bond donors (Lipinski definition) is 0. The fraction of sp³-hybridized carbons (Fsp3) is 0.400. The lowest BCUT2D eigenvalue weighted by molar-refractivity contribution is 1.08. The van der Waals surface area contributed by atoms with Gasteiger partial charge in [-0.1, -0.05) is 18.3 Å². The number of aliphatic imine (C=N–C) groups is 1. The molecule has 48 valence electrons. The minimum absolute atomic E-state index is 0.733. The van der Waals surface area contributed by atoms with Gasteiger partial charge in [-0.25, -0.2) is 4.99 Å². The van der Waals surface area contributed by atoms with Gasteiger partial charge >= 0.3 is 0 Å². The third-order valence-electron chi connectivity index (χ3n) is 0.733. The summed E-state index contributed by atoms with van der Waals surface area (Å²) >= 11 is 1.44. The van der Waals surface area contributed by atoms with E-state index in [1.807, 2.05) is 13.1 Å². The van der Waals surface area contributed by atoms with Gasteiger partial charge in [-0.05, 0) is 6.42 Å². The van der Waals surface area contributed by atoms with Gasteiger partial charge in [0.05, 0.1) is 0 Å². The molecule has 0 amide bonds. The zero-order valence-electron chi connectivity index (χ0n) is 5.11. The van der Waals surface area contributed by atoms with Crippen LogP contribution in [-0.2, 0) is 0 Å². The van der Waals surface area contributed by atoms with Gasteiger partial charge in [0.25, 0.3) is 0 Å². The highest BCUT2D eigenvalue weighted by atomic mass is 32.1.